The van der Waals surface area contributed by atoms with Crippen molar-refractivity contribution in [2.24, 2.45) is 0 Å². The Kier molecular flexibility index (Phi) is 3.27. The summed E-state index contributed by atoms with van der Waals surface area (Å²) in [5, 5.41) is 0. The highest BCUT2D eigenvalue weighted by atomic mass is 32.2. The summed E-state index contributed by atoms with van der Waals surface area (Å²) in [5.41, 5.74) is 1.41. The maximum absolute atomic E-state index is 3.05. The molecule has 0 saturated carbocycles. The maximum atomic E-state index is 3.05. The van der Waals surface area contributed by atoms with Gasteiger partial charge in [0.15, 0.2) is 0 Å². The van der Waals surface area contributed by atoms with Crippen molar-refractivity contribution in [3.63, 3.8) is 0 Å². The summed E-state index contributed by atoms with van der Waals surface area (Å²) in [6, 6.07) is 11.3. The molecular formula is C11H14NS. The largest absolute Gasteiger partial charge is 0.297 e. The van der Waals surface area contributed by atoms with Crippen LogP contribution < -0.4 is 0 Å². The van der Waals surface area contributed by atoms with Crippen LogP contribution in [-0.4, -0.2) is 29.5 Å². The van der Waals surface area contributed by atoms with E-state index in [-0.39, 0.29) is 0 Å². The summed E-state index contributed by atoms with van der Waals surface area (Å²) in [7, 11) is 0. The third-order valence-electron chi connectivity index (χ3n) is 2.30. The Balaban J connectivity index is 1.90. The number of hydrogen-bond donors (Lipinski definition) is 0. The average molecular weight is 192 g/mol. The fourth-order valence-electron chi connectivity index (χ4n) is 1.54. The molecule has 0 unspecified atom stereocenters. The van der Waals surface area contributed by atoms with Gasteiger partial charge >= 0.3 is 0 Å². The molecule has 1 aliphatic rings. The summed E-state index contributed by atoms with van der Waals surface area (Å²) in [4.78, 5) is 2.52. The van der Waals surface area contributed by atoms with Crippen molar-refractivity contribution >= 4 is 11.8 Å². The molecule has 2 heteroatoms. The van der Waals surface area contributed by atoms with Crippen molar-refractivity contribution in [2.45, 2.75) is 6.54 Å². The van der Waals surface area contributed by atoms with Gasteiger partial charge in [0.05, 0.1) is 0 Å². The second kappa shape index (κ2) is 4.68. The Bertz CT molecular complexity index is 242. The van der Waals surface area contributed by atoms with E-state index in [1.54, 1.807) is 0 Å². The monoisotopic (exact) mass is 192 g/mol. The zero-order valence-corrected chi connectivity index (χ0v) is 8.52. The van der Waals surface area contributed by atoms with E-state index in [2.05, 4.69) is 34.9 Å². The highest BCUT2D eigenvalue weighted by Crippen LogP contribution is 2.12. The average Bonchev–Trinajstić information content (AvgIpc) is 2.21. The summed E-state index contributed by atoms with van der Waals surface area (Å²) in [5.74, 6) is 2.58. The Morgan fingerprint density at radius 3 is 2.62 bits per heavy atom. The van der Waals surface area contributed by atoms with Gasteiger partial charge in [-0.05, 0) is 11.6 Å². The van der Waals surface area contributed by atoms with Gasteiger partial charge in [0, 0.05) is 31.1 Å². The number of nitrogens with zero attached hydrogens (tertiary/aromatic N) is 1. The Morgan fingerprint density at radius 1 is 1.23 bits per heavy atom. The summed E-state index contributed by atoms with van der Waals surface area (Å²) in [6.45, 7) is 3.59. The van der Waals surface area contributed by atoms with Gasteiger partial charge < -0.3 is 0 Å². The smallest absolute Gasteiger partial charge is 0.0234 e. The zero-order valence-electron chi connectivity index (χ0n) is 7.70. The molecule has 1 nitrogen and oxygen atoms in total. The van der Waals surface area contributed by atoms with E-state index in [1.165, 1.54) is 30.2 Å². The molecule has 2 rings (SSSR count). The molecule has 0 spiro atoms. The van der Waals surface area contributed by atoms with Crippen LogP contribution in [0, 0.1) is 6.07 Å². The Morgan fingerprint density at radius 2 is 1.92 bits per heavy atom. The van der Waals surface area contributed by atoms with Crippen molar-refractivity contribution in [3.8, 4) is 0 Å². The third kappa shape index (κ3) is 2.75. The van der Waals surface area contributed by atoms with Crippen LogP contribution in [0.2, 0.25) is 0 Å². The number of rotatable bonds is 2. The van der Waals surface area contributed by atoms with Gasteiger partial charge in [-0.15, -0.1) is 0 Å². The van der Waals surface area contributed by atoms with Gasteiger partial charge in [-0.1, -0.05) is 24.3 Å². The Labute approximate surface area is 84.1 Å². The first-order chi connectivity index (χ1) is 6.45. The van der Waals surface area contributed by atoms with E-state index in [1.807, 2.05) is 12.1 Å². The molecule has 0 N–H and O–H groups in total. The molecular weight excluding hydrogens is 178 g/mol. The quantitative estimate of drug-likeness (QED) is 0.705. The van der Waals surface area contributed by atoms with Crippen LogP contribution in [0.5, 0.6) is 0 Å². The van der Waals surface area contributed by atoms with Crippen LogP contribution in [0.4, 0.5) is 0 Å². The van der Waals surface area contributed by atoms with Gasteiger partial charge in [0.25, 0.3) is 0 Å². The number of hydrogen-bond acceptors (Lipinski definition) is 2. The van der Waals surface area contributed by atoms with E-state index in [4.69, 9.17) is 0 Å². The van der Waals surface area contributed by atoms with Crippen LogP contribution >= 0.6 is 11.8 Å². The van der Waals surface area contributed by atoms with Crippen molar-refractivity contribution in [3.05, 3.63) is 35.9 Å². The predicted molar refractivity (Wildman–Crippen MR) is 57.9 cm³/mol. The lowest BCUT2D eigenvalue weighted by Crippen LogP contribution is -2.31. The molecule has 13 heavy (non-hydrogen) atoms. The van der Waals surface area contributed by atoms with Crippen molar-refractivity contribution in [1.29, 1.82) is 0 Å². The van der Waals surface area contributed by atoms with E-state index >= 15 is 0 Å². The molecule has 1 radical (unpaired) electrons. The highest BCUT2D eigenvalue weighted by molar-refractivity contribution is 7.99. The normalized spacial score (nSPS) is 18.8. The molecule has 0 amide bonds. The molecule has 1 aromatic carbocycles. The lowest BCUT2D eigenvalue weighted by molar-refractivity contribution is 0.294. The highest BCUT2D eigenvalue weighted by Gasteiger charge is 2.09. The minimum atomic E-state index is 1.11. The SMILES string of the molecule is [c]1ccc(CN2CCSCC2)cc1. The van der Waals surface area contributed by atoms with Gasteiger partial charge in [-0.3, -0.25) is 4.90 Å². The second-order valence-corrected chi connectivity index (χ2v) is 4.52. The summed E-state index contributed by atoms with van der Waals surface area (Å²) in [6.07, 6.45) is 0. The van der Waals surface area contributed by atoms with Crippen LogP contribution in [0.3, 0.4) is 0 Å². The fourth-order valence-corrected chi connectivity index (χ4v) is 2.52. The van der Waals surface area contributed by atoms with Crippen molar-refractivity contribution in [2.75, 3.05) is 24.6 Å². The van der Waals surface area contributed by atoms with E-state index in [0.29, 0.717) is 0 Å². The van der Waals surface area contributed by atoms with Gasteiger partial charge in [0.2, 0.25) is 0 Å². The fraction of sp³-hybridized carbons (Fsp3) is 0.455. The van der Waals surface area contributed by atoms with Crippen molar-refractivity contribution in [1.82, 2.24) is 4.90 Å². The van der Waals surface area contributed by atoms with Crippen molar-refractivity contribution < 1.29 is 0 Å². The van der Waals surface area contributed by atoms with Gasteiger partial charge in [0.1, 0.15) is 0 Å². The first-order valence-corrected chi connectivity index (χ1v) is 5.86. The summed E-state index contributed by atoms with van der Waals surface area (Å²) >= 11 is 2.06. The molecule has 1 aromatic rings. The Hall–Kier alpha value is -0.470. The third-order valence-corrected chi connectivity index (χ3v) is 3.24. The molecule has 0 aromatic heterocycles. The van der Waals surface area contributed by atoms with E-state index in [9.17, 15) is 0 Å². The minimum absolute atomic E-state index is 1.11. The molecule has 0 bridgehead atoms. The lowest BCUT2D eigenvalue weighted by Gasteiger charge is -2.25. The molecule has 1 saturated heterocycles. The summed E-state index contributed by atoms with van der Waals surface area (Å²) < 4.78 is 0. The first-order valence-electron chi connectivity index (χ1n) is 4.70. The molecule has 0 aliphatic carbocycles. The zero-order chi connectivity index (χ0) is 8.93. The van der Waals surface area contributed by atoms with Crippen LogP contribution in [0.1, 0.15) is 5.56 Å². The second-order valence-electron chi connectivity index (χ2n) is 3.30. The van der Waals surface area contributed by atoms with Crippen LogP contribution in [0.25, 0.3) is 0 Å². The topological polar surface area (TPSA) is 3.24 Å². The lowest BCUT2D eigenvalue weighted by atomic mass is 10.2. The van der Waals surface area contributed by atoms with E-state index < -0.39 is 0 Å². The van der Waals surface area contributed by atoms with Crippen LogP contribution in [-0.2, 0) is 6.54 Å². The molecule has 1 heterocycles. The van der Waals surface area contributed by atoms with Gasteiger partial charge in [-0.2, -0.15) is 11.8 Å². The van der Waals surface area contributed by atoms with Gasteiger partial charge in [-0.25, -0.2) is 0 Å². The molecule has 1 fully saturated rings. The predicted octanol–water partition coefficient (Wildman–Crippen LogP) is 2.04. The molecule has 0 atom stereocenters. The molecule has 69 valence electrons. The molecule has 1 aliphatic heterocycles. The maximum Gasteiger partial charge on any atom is 0.0234 e. The van der Waals surface area contributed by atoms with E-state index in [0.717, 1.165) is 6.54 Å². The number of benzene rings is 1. The standard InChI is InChI=1S/C11H14NS/c1-2-4-11(5-3-1)10-12-6-8-13-9-7-12/h2-5H,6-10H2. The first kappa shape index (κ1) is 9.10. The van der Waals surface area contributed by atoms with Crippen LogP contribution in [0.15, 0.2) is 24.3 Å². The minimum Gasteiger partial charge on any atom is -0.297 e. The number of thioether (sulfide) groups is 1.